The van der Waals surface area contributed by atoms with Gasteiger partial charge in [-0.3, -0.25) is 4.79 Å². The van der Waals surface area contributed by atoms with Crippen LogP contribution in [0.5, 0.6) is 0 Å². The average molecular weight is 201 g/mol. The molecule has 0 spiro atoms. The number of amides is 1. The van der Waals surface area contributed by atoms with Crippen LogP contribution in [0.15, 0.2) is 0 Å². The predicted molar refractivity (Wildman–Crippen MR) is 63.0 cm³/mol. The third-order valence-electron chi connectivity index (χ3n) is 2.54. The summed E-state index contributed by atoms with van der Waals surface area (Å²) in [7, 11) is 0. The molecule has 2 heteroatoms. The maximum Gasteiger partial charge on any atom is 0.223 e. The molecule has 0 aliphatic heterocycles. The van der Waals surface area contributed by atoms with Gasteiger partial charge in [0.2, 0.25) is 5.91 Å². The van der Waals surface area contributed by atoms with E-state index < -0.39 is 0 Å². The van der Waals surface area contributed by atoms with E-state index in [4.69, 9.17) is 5.73 Å². The Hall–Kier alpha value is -0.530. The van der Waals surface area contributed by atoms with Crippen molar-refractivity contribution in [3.05, 3.63) is 0 Å². The lowest BCUT2D eigenvalue weighted by Crippen LogP contribution is -2.35. The predicted octanol–water partition coefficient (Wildman–Crippen LogP) is 3.35. The van der Waals surface area contributed by atoms with Crippen molar-refractivity contribution in [2.24, 2.45) is 16.6 Å². The van der Waals surface area contributed by atoms with Crippen LogP contribution in [-0.2, 0) is 4.79 Å². The molecule has 0 atom stereocenters. The lowest BCUT2D eigenvalue weighted by molar-refractivity contribution is -0.127. The Morgan fingerprint density at radius 1 is 1.14 bits per heavy atom. The van der Waals surface area contributed by atoms with E-state index in [1.54, 1.807) is 0 Å². The van der Waals surface area contributed by atoms with Gasteiger partial charge in [0.25, 0.3) is 0 Å². The minimum atomic E-state index is -0.375. The van der Waals surface area contributed by atoms with Gasteiger partial charge in [0, 0.05) is 5.41 Å². The topological polar surface area (TPSA) is 43.1 Å². The fourth-order valence-corrected chi connectivity index (χ4v) is 1.41. The molecule has 86 valence electrons. The monoisotopic (exact) mass is 201 g/mol. The standard InChI is InChI=1S/C10H21NO.C2H6/c1-6-9(2,3)7-10(4,5)8(11)12;1-2/h6-7H2,1-5H3,(H2,11,12);1-2H3. The summed E-state index contributed by atoms with van der Waals surface area (Å²) in [6.45, 7) is 14.3. The summed E-state index contributed by atoms with van der Waals surface area (Å²) in [4.78, 5) is 11.0. The zero-order valence-electron chi connectivity index (χ0n) is 10.9. The first kappa shape index (κ1) is 15.9. The Labute approximate surface area is 89.3 Å². The van der Waals surface area contributed by atoms with E-state index in [2.05, 4.69) is 20.8 Å². The Morgan fingerprint density at radius 2 is 1.50 bits per heavy atom. The van der Waals surface area contributed by atoms with Gasteiger partial charge in [0.1, 0.15) is 0 Å². The molecule has 0 fully saturated rings. The van der Waals surface area contributed by atoms with Crippen molar-refractivity contribution in [2.75, 3.05) is 0 Å². The van der Waals surface area contributed by atoms with E-state index in [0.717, 1.165) is 12.8 Å². The summed E-state index contributed by atoms with van der Waals surface area (Å²) in [6.07, 6.45) is 1.93. The van der Waals surface area contributed by atoms with E-state index in [9.17, 15) is 4.79 Å². The van der Waals surface area contributed by atoms with Crippen molar-refractivity contribution < 1.29 is 4.79 Å². The van der Waals surface area contributed by atoms with Crippen molar-refractivity contribution in [3.63, 3.8) is 0 Å². The van der Waals surface area contributed by atoms with Crippen molar-refractivity contribution in [1.29, 1.82) is 0 Å². The molecule has 1 amide bonds. The average Bonchev–Trinajstić information content (AvgIpc) is 2.06. The normalized spacial score (nSPS) is 11.6. The van der Waals surface area contributed by atoms with Gasteiger partial charge in [0.15, 0.2) is 0 Å². The molecule has 0 aromatic heterocycles. The Balaban J connectivity index is 0. The van der Waals surface area contributed by atoms with Gasteiger partial charge in [-0.1, -0.05) is 54.9 Å². The van der Waals surface area contributed by atoms with Crippen LogP contribution in [-0.4, -0.2) is 5.91 Å². The first-order chi connectivity index (χ1) is 6.21. The smallest absolute Gasteiger partial charge is 0.223 e. The maximum absolute atomic E-state index is 11.0. The highest BCUT2D eigenvalue weighted by Gasteiger charge is 2.31. The van der Waals surface area contributed by atoms with E-state index in [0.29, 0.717) is 0 Å². The molecule has 2 nitrogen and oxygen atoms in total. The van der Waals surface area contributed by atoms with Crippen LogP contribution in [0.2, 0.25) is 0 Å². The minimum Gasteiger partial charge on any atom is -0.369 e. The molecule has 0 rings (SSSR count). The van der Waals surface area contributed by atoms with Crippen molar-refractivity contribution in [2.45, 2.75) is 61.3 Å². The molecule has 0 radical (unpaired) electrons. The van der Waals surface area contributed by atoms with Gasteiger partial charge in [-0.2, -0.15) is 0 Å². The van der Waals surface area contributed by atoms with Crippen LogP contribution >= 0.6 is 0 Å². The molecule has 14 heavy (non-hydrogen) atoms. The lowest BCUT2D eigenvalue weighted by Gasteiger charge is -2.31. The molecule has 0 aliphatic carbocycles. The first-order valence-electron chi connectivity index (χ1n) is 5.51. The minimum absolute atomic E-state index is 0.205. The Morgan fingerprint density at radius 3 is 1.71 bits per heavy atom. The van der Waals surface area contributed by atoms with Crippen LogP contribution in [0, 0.1) is 10.8 Å². The largest absolute Gasteiger partial charge is 0.369 e. The number of rotatable bonds is 4. The molecule has 0 saturated heterocycles. The van der Waals surface area contributed by atoms with Gasteiger partial charge in [-0.15, -0.1) is 0 Å². The van der Waals surface area contributed by atoms with E-state index >= 15 is 0 Å². The van der Waals surface area contributed by atoms with E-state index in [-0.39, 0.29) is 16.7 Å². The SMILES string of the molecule is CC.CCC(C)(C)CC(C)(C)C(N)=O. The van der Waals surface area contributed by atoms with E-state index in [1.165, 1.54) is 0 Å². The molecule has 2 N–H and O–H groups in total. The van der Waals surface area contributed by atoms with Gasteiger partial charge < -0.3 is 5.73 Å². The quantitative estimate of drug-likeness (QED) is 0.744. The summed E-state index contributed by atoms with van der Waals surface area (Å²) < 4.78 is 0. The first-order valence-corrected chi connectivity index (χ1v) is 5.51. The molecule has 0 unspecified atom stereocenters. The second kappa shape index (κ2) is 6.05. The number of hydrogen-bond acceptors (Lipinski definition) is 1. The summed E-state index contributed by atoms with van der Waals surface area (Å²) in [5, 5.41) is 0. The Bertz CT molecular complexity index is 171. The number of primary amides is 1. The maximum atomic E-state index is 11.0. The van der Waals surface area contributed by atoms with Crippen molar-refractivity contribution in [3.8, 4) is 0 Å². The van der Waals surface area contributed by atoms with E-state index in [1.807, 2.05) is 27.7 Å². The summed E-state index contributed by atoms with van der Waals surface area (Å²) in [5.74, 6) is -0.205. The fourth-order valence-electron chi connectivity index (χ4n) is 1.41. The van der Waals surface area contributed by atoms with Crippen molar-refractivity contribution in [1.82, 2.24) is 0 Å². The second-order valence-corrected chi connectivity index (χ2v) is 4.94. The van der Waals surface area contributed by atoms with Gasteiger partial charge in [-0.25, -0.2) is 0 Å². The molecule has 0 aliphatic rings. The number of carbonyl (C=O) groups excluding carboxylic acids is 1. The fraction of sp³-hybridized carbons (Fsp3) is 0.917. The summed E-state index contributed by atoms with van der Waals surface area (Å²) >= 11 is 0. The molecule has 0 saturated carbocycles. The zero-order chi connectivity index (χ0) is 12.0. The summed E-state index contributed by atoms with van der Waals surface area (Å²) in [5.41, 5.74) is 5.12. The molecular weight excluding hydrogens is 174 g/mol. The third-order valence-corrected chi connectivity index (χ3v) is 2.54. The Kier molecular flexibility index (Phi) is 6.88. The third kappa shape index (κ3) is 6.01. The molecule has 0 aromatic rings. The highest BCUT2D eigenvalue weighted by atomic mass is 16.1. The van der Waals surface area contributed by atoms with Gasteiger partial charge in [0.05, 0.1) is 0 Å². The van der Waals surface area contributed by atoms with Crippen LogP contribution in [0.25, 0.3) is 0 Å². The molecular formula is C12H27NO. The van der Waals surface area contributed by atoms with Crippen molar-refractivity contribution >= 4 is 5.91 Å². The number of hydrogen-bond donors (Lipinski definition) is 1. The molecule has 0 heterocycles. The highest BCUT2D eigenvalue weighted by Crippen LogP contribution is 2.35. The van der Waals surface area contributed by atoms with Crippen LogP contribution < -0.4 is 5.73 Å². The number of carbonyl (C=O) groups is 1. The molecule has 0 bridgehead atoms. The van der Waals surface area contributed by atoms with Crippen LogP contribution in [0.4, 0.5) is 0 Å². The summed E-state index contributed by atoms with van der Waals surface area (Å²) in [6, 6.07) is 0. The van der Waals surface area contributed by atoms with Crippen LogP contribution in [0.3, 0.4) is 0 Å². The van der Waals surface area contributed by atoms with Gasteiger partial charge >= 0.3 is 0 Å². The van der Waals surface area contributed by atoms with Crippen LogP contribution in [0.1, 0.15) is 61.3 Å². The highest BCUT2D eigenvalue weighted by molar-refractivity contribution is 5.79. The van der Waals surface area contributed by atoms with Gasteiger partial charge in [-0.05, 0) is 11.8 Å². The number of nitrogens with two attached hydrogens (primary N) is 1. The lowest BCUT2D eigenvalue weighted by atomic mass is 9.73. The zero-order valence-corrected chi connectivity index (χ0v) is 10.9. The second-order valence-electron chi connectivity index (χ2n) is 4.94. The molecule has 0 aromatic carbocycles.